The summed E-state index contributed by atoms with van der Waals surface area (Å²) in [5.41, 5.74) is 8.45. The third kappa shape index (κ3) is 5.70. The maximum atomic E-state index is 4.29. The first kappa shape index (κ1) is 21.1. The fourth-order valence-electron chi connectivity index (χ4n) is 3.22. The average molecular weight is 419 g/mol. The van der Waals surface area contributed by atoms with E-state index < -0.39 is 0 Å². The Labute approximate surface area is 189 Å². The molecule has 158 valence electrons. The number of aryl methyl sites for hydroxylation is 2. The number of nitrogens with zero attached hydrogens (tertiary/aromatic N) is 2. The molecule has 4 aromatic rings. The maximum Gasteiger partial charge on any atom is 0.0588 e. The van der Waals surface area contributed by atoms with Crippen molar-refractivity contribution in [2.45, 2.75) is 13.8 Å². The molecule has 0 unspecified atom stereocenters. The molecule has 0 saturated carbocycles. The van der Waals surface area contributed by atoms with Gasteiger partial charge < -0.3 is 10.6 Å². The van der Waals surface area contributed by atoms with Crippen molar-refractivity contribution in [1.29, 1.82) is 0 Å². The molecule has 4 rings (SSSR count). The van der Waals surface area contributed by atoms with Gasteiger partial charge in [-0.05, 0) is 50.2 Å². The van der Waals surface area contributed by atoms with E-state index in [0.29, 0.717) is 0 Å². The zero-order chi connectivity index (χ0) is 22.2. The fraction of sp³-hybridized carbons (Fsp3) is 0.0714. The lowest BCUT2D eigenvalue weighted by atomic mass is 10.1. The Morgan fingerprint density at radius 3 is 1.28 bits per heavy atom. The molecule has 0 aliphatic carbocycles. The number of hydrogen-bond acceptors (Lipinski definition) is 4. The van der Waals surface area contributed by atoms with Crippen LogP contribution < -0.4 is 10.6 Å². The van der Waals surface area contributed by atoms with Crippen LogP contribution >= 0.6 is 0 Å². The second-order valence-electron chi connectivity index (χ2n) is 7.65. The zero-order valence-corrected chi connectivity index (χ0v) is 18.3. The van der Waals surface area contributed by atoms with Gasteiger partial charge >= 0.3 is 0 Å². The SMILES string of the molecule is Cc1ccc(Nc2ccccc2C=NN=Cc2ccccc2Nc2ccc(C)cc2)cc1. The van der Waals surface area contributed by atoms with Gasteiger partial charge in [-0.3, -0.25) is 0 Å². The van der Waals surface area contributed by atoms with Crippen LogP contribution in [0.5, 0.6) is 0 Å². The van der Waals surface area contributed by atoms with Crippen molar-refractivity contribution in [3.8, 4) is 0 Å². The van der Waals surface area contributed by atoms with Gasteiger partial charge in [-0.2, -0.15) is 10.2 Å². The molecule has 0 amide bonds. The summed E-state index contributed by atoms with van der Waals surface area (Å²) >= 11 is 0. The molecular formula is C28H26N4. The maximum absolute atomic E-state index is 4.29. The van der Waals surface area contributed by atoms with Gasteiger partial charge in [0.05, 0.1) is 12.4 Å². The largest absolute Gasteiger partial charge is 0.355 e. The van der Waals surface area contributed by atoms with Crippen LogP contribution in [0.4, 0.5) is 22.7 Å². The first-order valence-corrected chi connectivity index (χ1v) is 10.6. The van der Waals surface area contributed by atoms with Gasteiger partial charge in [-0.15, -0.1) is 0 Å². The van der Waals surface area contributed by atoms with Gasteiger partial charge in [0.1, 0.15) is 0 Å². The highest BCUT2D eigenvalue weighted by molar-refractivity contribution is 5.91. The molecule has 0 fully saturated rings. The average Bonchev–Trinajstić information content (AvgIpc) is 2.82. The minimum Gasteiger partial charge on any atom is -0.355 e. The Balaban J connectivity index is 1.47. The quantitative estimate of drug-likeness (QED) is 0.245. The summed E-state index contributed by atoms with van der Waals surface area (Å²) in [6, 6.07) is 32.7. The Hall–Kier alpha value is -4.18. The van der Waals surface area contributed by atoms with Gasteiger partial charge in [0, 0.05) is 33.9 Å². The van der Waals surface area contributed by atoms with Crippen LogP contribution in [0, 0.1) is 13.8 Å². The summed E-state index contributed by atoms with van der Waals surface area (Å²) in [6.45, 7) is 4.16. The van der Waals surface area contributed by atoms with E-state index in [4.69, 9.17) is 0 Å². The number of benzene rings is 4. The van der Waals surface area contributed by atoms with Crippen molar-refractivity contribution in [1.82, 2.24) is 0 Å². The number of nitrogens with one attached hydrogen (secondary N) is 2. The monoisotopic (exact) mass is 418 g/mol. The predicted octanol–water partition coefficient (Wildman–Crippen LogP) is 7.24. The van der Waals surface area contributed by atoms with Crippen molar-refractivity contribution >= 4 is 35.2 Å². The van der Waals surface area contributed by atoms with E-state index >= 15 is 0 Å². The summed E-state index contributed by atoms with van der Waals surface area (Å²) in [7, 11) is 0. The third-order valence-electron chi connectivity index (χ3n) is 5.04. The van der Waals surface area contributed by atoms with E-state index in [-0.39, 0.29) is 0 Å². The highest BCUT2D eigenvalue weighted by Crippen LogP contribution is 2.21. The highest BCUT2D eigenvalue weighted by atomic mass is 15.2. The molecule has 0 heterocycles. The molecule has 0 bridgehead atoms. The van der Waals surface area contributed by atoms with Crippen molar-refractivity contribution < 1.29 is 0 Å². The molecule has 0 spiro atoms. The van der Waals surface area contributed by atoms with Crippen molar-refractivity contribution in [2.24, 2.45) is 10.2 Å². The van der Waals surface area contributed by atoms with Crippen LogP contribution in [-0.2, 0) is 0 Å². The summed E-state index contributed by atoms with van der Waals surface area (Å²) < 4.78 is 0. The summed E-state index contributed by atoms with van der Waals surface area (Å²) in [4.78, 5) is 0. The molecule has 0 saturated heterocycles. The van der Waals surface area contributed by atoms with Gasteiger partial charge in [0.25, 0.3) is 0 Å². The number of anilines is 4. The molecule has 0 aromatic heterocycles. The molecule has 4 aromatic carbocycles. The number of para-hydroxylation sites is 2. The Kier molecular flexibility index (Phi) is 6.73. The molecule has 4 heteroatoms. The van der Waals surface area contributed by atoms with E-state index in [9.17, 15) is 0 Å². The topological polar surface area (TPSA) is 48.8 Å². The third-order valence-corrected chi connectivity index (χ3v) is 5.04. The van der Waals surface area contributed by atoms with Crippen LogP contribution in [0.2, 0.25) is 0 Å². The van der Waals surface area contributed by atoms with E-state index in [1.54, 1.807) is 12.4 Å². The second kappa shape index (κ2) is 10.2. The van der Waals surface area contributed by atoms with Crippen molar-refractivity contribution in [3.05, 3.63) is 119 Å². The molecule has 4 nitrogen and oxygen atoms in total. The zero-order valence-electron chi connectivity index (χ0n) is 18.3. The summed E-state index contributed by atoms with van der Waals surface area (Å²) in [5, 5.41) is 15.5. The van der Waals surface area contributed by atoms with E-state index in [2.05, 4.69) is 83.2 Å². The first-order chi connectivity index (χ1) is 15.7. The lowest BCUT2D eigenvalue weighted by molar-refractivity contribution is 1.26. The molecule has 0 aliphatic heterocycles. The normalized spacial score (nSPS) is 11.2. The lowest BCUT2D eigenvalue weighted by Gasteiger charge is -2.09. The van der Waals surface area contributed by atoms with Crippen LogP contribution in [0.15, 0.2) is 107 Å². The standard InChI is InChI=1S/C28H26N4/c1-21-11-15-25(16-12-21)31-27-9-5-3-7-23(27)19-29-30-20-24-8-4-6-10-28(24)32-26-17-13-22(2)14-18-26/h3-20,31-32H,1-2H3. The van der Waals surface area contributed by atoms with E-state index in [0.717, 1.165) is 33.9 Å². The molecule has 0 radical (unpaired) electrons. The summed E-state index contributed by atoms with van der Waals surface area (Å²) in [5.74, 6) is 0. The Morgan fingerprint density at radius 2 is 0.875 bits per heavy atom. The van der Waals surface area contributed by atoms with E-state index in [1.807, 2.05) is 48.5 Å². The van der Waals surface area contributed by atoms with Gasteiger partial charge in [-0.25, -0.2) is 0 Å². The minimum absolute atomic E-state index is 0.969. The van der Waals surface area contributed by atoms with Crippen LogP contribution in [0.3, 0.4) is 0 Å². The highest BCUT2D eigenvalue weighted by Gasteiger charge is 2.01. The molecular weight excluding hydrogens is 392 g/mol. The van der Waals surface area contributed by atoms with Crippen LogP contribution in [0.1, 0.15) is 22.3 Å². The van der Waals surface area contributed by atoms with Gasteiger partial charge in [0.15, 0.2) is 0 Å². The van der Waals surface area contributed by atoms with Crippen molar-refractivity contribution in [2.75, 3.05) is 10.6 Å². The molecule has 32 heavy (non-hydrogen) atoms. The molecule has 0 atom stereocenters. The number of rotatable bonds is 7. The smallest absolute Gasteiger partial charge is 0.0588 e. The van der Waals surface area contributed by atoms with Crippen LogP contribution in [0.25, 0.3) is 0 Å². The number of hydrogen-bond donors (Lipinski definition) is 2. The van der Waals surface area contributed by atoms with Gasteiger partial charge in [-0.1, -0.05) is 71.8 Å². The predicted molar refractivity (Wildman–Crippen MR) is 137 cm³/mol. The minimum atomic E-state index is 0.969. The lowest BCUT2D eigenvalue weighted by Crippen LogP contribution is -1.96. The van der Waals surface area contributed by atoms with Crippen molar-refractivity contribution in [3.63, 3.8) is 0 Å². The molecule has 2 N–H and O–H groups in total. The summed E-state index contributed by atoms with van der Waals surface area (Å²) in [6.07, 6.45) is 3.53. The van der Waals surface area contributed by atoms with Crippen LogP contribution in [-0.4, -0.2) is 12.4 Å². The van der Waals surface area contributed by atoms with Gasteiger partial charge in [0.2, 0.25) is 0 Å². The second-order valence-corrected chi connectivity index (χ2v) is 7.65. The first-order valence-electron chi connectivity index (χ1n) is 10.6. The Morgan fingerprint density at radius 1 is 0.500 bits per heavy atom. The fourth-order valence-corrected chi connectivity index (χ4v) is 3.22. The Bertz CT molecular complexity index is 1120. The van der Waals surface area contributed by atoms with E-state index in [1.165, 1.54) is 11.1 Å². The molecule has 0 aliphatic rings.